The van der Waals surface area contributed by atoms with Crippen LogP contribution in [-0.4, -0.2) is 22.8 Å². The molecule has 0 saturated carbocycles. The molecule has 0 aromatic carbocycles. The van der Waals surface area contributed by atoms with Gasteiger partial charge in [-0.05, 0) is 0 Å². The first-order valence-electron chi connectivity index (χ1n) is 4.76. The number of amides is 2. The van der Waals surface area contributed by atoms with Crippen molar-refractivity contribution in [2.45, 2.75) is 33.1 Å². The molecule has 1 heterocycles. The maximum absolute atomic E-state index is 10.8. The molecule has 1 rings (SSSR count). The molecule has 0 atom stereocenters. The second kappa shape index (κ2) is 6.75. The maximum Gasteiger partial charge on any atom is 0.356 e. The Bertz CT molecular complexity index is 257. The predicted molar refractivity (Wildman–Crippen MR) is 53.3 cm³/mol. The number of hydroxylamine groups is 2. The Balaban J connectivity index is 0.000000583. The molecule has 0 unspecified atom stereocenters. The minimum atomic E-state index is -0.807. The van der Waals surface area contributed by atoms with E-state index in [-0.39, 0.29) is 12.8 Å². The lowest BCUT2D eigenvalue weighted by molar-refractivity contribution is -0.193. The maximum atomic E-state index is 10.8. The summed E-state index contributed by atoms with van der Waals surface area (Å²) in [6.45, 7) is 7.38. The number of carbonyl (C=O) groups excluding carboxylic acids is 3. The van der Waals surface area contributed by atoms with Crippen molar-refractivity contribution in [3.05, 3.63) is 12.7 Å². The summed E-state index contributed by atoms with van der Waals surface area (Å²) in [5, 5.41) is 0.476. The van der Waals surface area contributed by atoms with Gasteiger partial charge >= 0.3 is 5.97 Å². The first-order chi connectivity index (χ1) is 7.06. The highest BCUT2D eigenvalue weighted by atomic mass is 16.7. The second-order valence-electron chi connectivity index (χ2n) is 2.90. The van der Waals surface area contributed by atoms with E-state index >= 15 is 0 Å². The zero-order chi connectivity index (χ0) is 11.8. The van der Waals surface area contributed by atoms with Gasteiger partial charge in [0, 0.05) is 18.9 Å². The SMILES string of the molecule is C=CC(=O)ON1C(=O)CCC1=O.CCC. The number of carbonyl (C=O) groups is 3. The highest BCUT2D eigenvalue weighted by molar-refractivity contribution is 6.02. The van der Waals surface area contributed by atoms with E-state index in [1.54, 1.807) is 0 Å². The molecule has 1 saturated heterocycles. The van der Waals surface area contributed by atoms with Crippen molar-refractivity contribution in [2.75, 3.05) is 0 Å². The van der Waals surface area contributed by atoms with Gasteiger partial charge in [0.1, 0.15) is 0 Å². The minimum absolute atomic E-state index is 0.100. The van der Waals surface area contributed by atoms with Gasteiger partial charge < -0.3 is 4.84 Å². The number of rotatable bonds is 2. The molecule has 1 fully saturated rings. The van der Waals surface area contributed by atoms with Crippen LogP contribution in [0.4, 0.5) is 0 Å². The predicted octanol–water partition coefficient (Wildman–Crippen LogP) is 1.20. The van der Waals surface area contributed by atoms with Crippen molar-refractivity contribution in [1.82, 2.24) is 5.06 Å². The average Bonchev–Trinajstić information content (AvgIpc) is 2.50. The van der Waals surface area contributed by atoms with Gasteiger partial charge in [-0.15, -0.1) is 5.06 Å². The van der Waals surface area contributed by atoms with Crippen LogP contribution in [0.15, 0.2) is 12.7 Å². The van der Waals surface area contributed by atoms with Crippen LogP contribution in [0.2, 0.25) is 0 Å². The van der Waals surface area contributed by atoms with E-state index in [0.29, 0.717) is 5.06 Å². The lowest BCUT2D eigenvalue weighted by atomic mass is 10.4. The first-order valence-corrected chi connectivity index (χ1v) is 4.76. The Labute approximate surface area is 88.6 Å². The molecule has 0 N–H and O–H groups in total. The quantitative estimate of drug-likeness (QED) is 0.510. The van der Waals surface area contributed by atoms with Crippen molar-refractivity contribution in [2.24, 2.45) is 0 Å². The van der Waals surface area contributed by atoms with E-state index < -0.39 is 17.8 Å². The average molecular weight is 213 g/mol. The van der Waals surface area contributed by atoms with Gasteiger partial charge in [-0.1, -0.05) is 26.8 Å². The molecule has 1 aliphatic heterocycles. The number of nitrogens with zero attached hydrogens (tertiary/aromatic N) is 1. The first kappa shape index (κ1) is 13.4. The fourth-order valence-corrected chi connectivity index (χ4v) is 0.785. The van der Waals surface area contributed by atoms with Gasteiger partial charge in [-0.25, -0.2) is 4.79 Å². The molecule has 0 aromatic heterocycles. The summed E-state index contributed by atoms with van der Waals surface area (Å²) in [7, 11) is 0. The van der Waals surface area contributed by atoms with E-state index in [9.17, 15) is 14.4 Å². The third kappa shape index (κ3) is 4.39. The smallest absolute Gasteiger partial charge is 0.326 e. The third-order valence-corrected chi connectivity index (χ3v) is 1.35. The summed E-state index contributed by atoms with van der Waals surface area (Å²) in [6.07, 6.45) is 2.34. The van der Waals surface area contributed by atoms with Gasteiger partial charge in [0.2, 0.25) is 0 Å². The van der Waals surface area contributed by atoms with E-state index in [4.69, 9.17) is 0 Å². The molecule has 0 bridgehead atoms. The van der Waals surface area contributed by atoms with Crippen LogP contribution >= 0.6 is 0 Å². The van der Waals surface area contributed by atoms with Crippen molar-refractivity contribution in [1.29, 1.82) is 0 Å². The monoisotopic (exact) mass is 213 g/mol. The van der Waals surface area contributed by atoms with Crippen molar-refractivity contribution in [3.8, 4) is 0 Å². The number of imide groups is 1. The Morgan fingerprint density at radius 3 is 2.13 bits per heavy atom. The second-order valence-corrected chi connectivity index (χ2v) is 2.90. The lowest BCUT2D eigenvalue weighted by Gasteiger charge is -2.09. The molecular formula is C10H15NO4. The van der Waals surface area contributed by atoms with Crippen LogP contribution in [0.25, 0.3) is 0 Å². The van der Waals surface area contributed by atoms with Crippen molar-refractivity contribution in [3.63, 3.8) is 0 Å². The molecule has 5 nitrogen and oxygen atoms in total. The summed E-state index contributed by atoms with van der Waals surface area (Å²) in [5.41, 5.74) is 0. The number of hydrogen-bond acceptors (Lipinski definition) is 4. The zero-order valence-corrected chi connectivity index (χ0v) is 8.99. The molecule has 2 amide bonds. The minimum Gasteiger partial charge on any atom is -0.326 e. The van der Waals surface area contributed by atoms with E-state index in [0.717, 1.165) is 6.08 Å². The van der Waals surface area contributed by atoms with Crippen LogP contribution in [0, 0.1) is 0 Å². The van der Waals surface area contributed by atoms with E-state index in [2.05, 4.69) is 25.3 Å². The van der Waals surface area contributed by atoms with Crippen LogP contribution in [0.5, 0.6) is 0 Å². The van der Waals surface area contributed by atoms with Gasteiger partial charge in [-0.3, -0.25) is 9.59 Å². The van der Waals surface area contributed by atoms with Crippen molar-refractivity contribution < 1.29 is 19.2 Å². The van der Waals surface area contributed by atoms with E-state index in [1.807, 2.05) is 0 Å². The molecule has 1 aliphatic rings. The van der Waals surface area contributed by atoms with Gasteiger partial charge in [0.25, 0.3) is 11.8 Å². The topological polar surface area (TPSA) is 63.7 Å². The van der Waals surface area contributed by atoms with Crippen LogP contribution in [-0.2, 0) is 19.2 Å². The summed E-state index contributed by atoms with van der Waals surface area (Å²) in [6, 6.07) is 0. The molecule has 84 valence electrons. The lowest BCUT2D eigenvalue weighted by Crippen LogP contribution is -2.31. The molecule has 5 heteroatoms. The zero-order valence-electron chi connectivity index (χ0n) is 8.99. The van der Waals surface area contributed by atoms with E-state index in [1.165, 1.54) is 6.42 Å². The van der Waals surface area contributed by atoms with Crippen molar-refractivity contribution >= 4 is 17.8 Å². The van der Waals surface area contributed by atoms with Gasteiger partial charge in [-0.2, -0.15) is 0 Å². The summed E-state index contributed by atoms with van der Waals surface area (Å²) in [5.74, 6) is -1.79. The third-order valence-electron chi connectivity index (χ3n) is 1.35. The fourth-order valence-electron chi connectivity index (χ4n) is 0.785. The summed E-state index contributed by atoms with van der Waals surface area (Å²) in [4.78, 5) is 36.6. The molecule has 15 heavy (non-hydrogen) atoms. The van der Waals surface area contributed by atoms with Gasteiger partial charge in [0.05, 0.1) is 0 Å². The summed E-state index contributed by atoms with van der Waals surface area (Å²) < 4.78 is 0. The van der Waals surface area contributed by atoms with Gasteiger partial charge in [0.15, 0.2) is 0 Å². The Kier molecular flexibility index (Phi) is 6.01. The molecule has 0 spiro atoms. The normalized spacial score (nSPS) is 14.4. The van der Waals surface area contributed by atoms with Crippen LogP contribution < -0.4 is 0 Å². The number of hydrogen-bond donors (Lipinski definition) is 0. The molecule has 0 radical (unpaired) electrons. The highest BCUT2D eigenvalue weighted by Gasteiger charge is 2.32. The molecule has 0 aromatic rings. The Morgan fingerprint density at radius 1 is 1.40 bits per heavy atom. The summed E-state index contributed by atoms with van der Waals surface area (Å²) >= 11 is 0. The van der Waals surface area contributed by atoms with Crippen LogP contribution in [0.1, 0.15) is 33.1 Å². The highest BCUT2D eigenvalue weighted by Crippen LogP contribution is 2.11. The Hall–Kier alpha value is -1.65. The standard InChI is InChI=1S/C7H7NO4.C3H8/c1-2-7(11)12-8-5(9)3-4-6(8)10;1-3-2/h2H,1,3-4H2;3H2,1-2H3. The van der Waals surface area contributed by atoms with Crippen LogP contribution in [0.3, 0.4) is 0 Å². The fraction of sp³-hybridized carbons (Fsp3) is 0.500. The Morgan fingerprint density at radius 2 is 1.80 bits per heavy atom. The largest absolute Gasteiger partial charge is 0.356 e. The molecule has 0 aliphatic carbocycles. The molecular weight excluding hydrogens is 198 g/mol.